The lowest BCUT2D eigenvalue weighted by Crippen LogP contribution is -3.00. The maximum Gasteiger partial charge on any atom is 0.278 e. The average Bonchev–Trinajstić information content (AvgIpc) is 2.15. The highest BCUT2D eigenvalue weighted by atomic mass is 35.5. The fourth-order valence-electron chi connectivity index (χ4n) is 1.56. The first-order chi connectivity index (χ1) is 5.84. The molecule has 0 aromatic heterocycles. The fourth-order valence-corrected chi connectivity index (χ4v) is 1.56. The second-order valence-electron chi connectivity index (χ2n) is 3.42. The molecule has 1 amide bonds. The van der Waals surface area contributed by atoms with Gasteiger partial charge in [0.25, 0.3) is 5.91 Å². The highest BCUT2D eigenvalue weighted by molar-refractivity contribution is 5.80. The number of nitrogens with two attached hydrogens (primary N) is 1. The first-order valence-corrected chi connectivity index (χ1v) is 4.95. The summed E-state index contributed by atoms with van der Waals surface area (Å²) >= 11 is 0. The van der Waals surface area contributed by atoms with Gasteiger partial charge >= 0.3 is 0 Å². The van der Waals surface area contributed by atoms with Crippen molar-refractivity contribution in [3.63, 3.8) is 0 Å². The van der Waals surface area contributed by atoms with Crippen LogP contribution >= 0.6 is 0 Å². The summed E-state index contributed by atoms with van der Waals surface area (Å²) in [5.74, 6) is 0.233. The predicted molar refractivity (Wildman–Crippen MR) is 47.7 cm³/mol. The molecule has 1 saturated heterocycles. The van der Waals surface area contributed by atoms with Crippen LogP contribution in [0.2, 0.25) is 0 Å². The second-order valence-corrected chi connectivity index (χ2v) is 3.42. The van der Waals surface area contributed by atoms with E-state index in [4.69, 9.17) is 0 Å². The van der Waals surface area contributed by atoms with Crippen LogP contribution in [-0.2, 0) is 4.79 Å². The molecule has 3 N–H and O–H groups in total. The first-order valence-electron chi connectivity index (χ1n) is 4.95. The van der Waals surface area contributed by atoms with Gasteiger partial charge in [-0.1, -0.05) is 6.92 Å². The summed E-state index contributed by atoms with van der Waals surface area (Å²) in [5.41, 5.74) is 0. The zero-order chi connectivity index (χ0) is 8.81. The molecule has 0 aromatic carbocycles. The van der Waals surface area contributed by atoms with Crippen LogP contribution in [0.5, 0.6) is 0 Å². The van der Waals surface area contributed by atoms with Crippen molar-refractivity contribution in [2.75, 3.05) is 13.1 Å². The Labute approximate surface area is 86.1 Å². The standard InChI is InChI=1S/C9H18N2O.ClH/c1-2-6-11-9(12)8-5-3-4-7-10-8;/h8,10H,2-7H2,1H3,(H,11,12);1H. The molecule has 78 valence electrons. The Balaban J connectivity index is 0.00000144. The first kappa shape index (κ1) is 12.7. The van der Waals surface area contributed by atoms with Gasteiger partial charge in [-0.05, 0) is 19.3 Å². The number of piperidine rings is 1. The highest BCUT2D eigenvalue weighted by Crippen LogP contribution is 2.00. The van der Waals surface area contributed by atoms with Gasteiger partial charge < -0.3 is 23.0 Å². The molecule has 13 heavy (non-hydrogen) atoms. The Morgan fingerprint density at radius 3 is 2.85 bits per heavy atom. The van der Waals surface area contributed by atoms with Crippen LogP contribution in [0.15, 0.2) is 0 Å². The average molecular weight is 207 g/mol. The van der Waals surface area contributed by atoms with Crippen LogP contribution in [-0.4, -0.2) is 25.0 Å². The number of quaternary nitrogens is 1. The number of hydrogen-bond acceptors (Lipinski definition) is 1. The van der Waals surface area contributed by atoms with Crippen molar-refractivity contribution in [1.29, 1.82) is 0 Å². The number of halogens is 1. The van der Waals surface area contributed by atoms with E-state index < -0.39 is 0 Å². The molecule has 1 fully saturated rings. The summed E-state index contributed by atoms with van der Waals surface area (Å²) in [6.45, 7) is 4.01. The lowest BCUT2D eigenvalue weighted by Gasteiger charge is -2.18. The van der Waals surface area contributed by atoms with Crippen molar-refractivity contribution in [3.8, 4) is 0 Å². The van der Waals surface area contributed by atoms with E-state index >= 15 is 0 Å². The number of carbonyl (C=O) groups excluding carboxylic acids is 1. The molecule has 4 heteroatoms. The zero-order valence-electron chi connectivity index (χ0n) is 8.18. The van der Waals surface area contributed by atoms with E-state index in [1.165, 1.54) is 12.8 Å². The second kappa shape index (κ2) is 7.15. The molecular formula is C9H19ClN2O. The van der Waals surface area contributed by atoms with E-state index in [2.05, 4.69) is 17.6 Å². The summed E-state index contributed by atoms with van der Waals surface area (Å²) < 4.78 is 0. The van der Waals surface area contributed by atoms with E-state index in [9.17, 15) is 4.79 Å². The minimum absolute atomic E-state index is 0. The molecule has 0 radical (unpaired) electrons. The number of nitrogens with one attached hydrogen (secondary N) is 1. The summed E-state index contributed by atoms with van der Waals surface area (Å²) in [6, 6.07) is 0.199. The molecule has 0 aliphatic carbocycles. The van der Waals surface area contributed by atoms with Crippen LogP contribution < -0.4 is 23.0 Å². The Kier molecular flexibility index (Phi) is 7.00. The SMILES string of the molecule is CCCNC(=O)C1CCCC[NH2+]1.[Cl-]. The van der Waals surface area contributed by atoms with Crippen LogP contribution in [0.4, 0.5) is 0 Å². The molecule has 1 unspecified atom stereocenters. The topological polar surface area (TPSA) is 45.7 Å². The Hall–Kier alpha value is -0.280. The number of amides is 1. The van der Waals surface area contributed by atoms with Crippen molar-refractivity contribution in [2.45, 2.75) is 38.6 Å². The number of rotatable bonds is 3. The maximum absolute atomic E-state index is 11.4. The van der Waals surface area contributed by atoms with Crippen LogP contribution in [0.3, 0.4) is 0 Å². The minimum atomic E-state index is 0. The van der Waals surface area contributed by atoms with Crippen LogP contribution in [0.1, 0.15) is 32.6 Å². The van der Waals surface area contributed by atoms with E-state index in [1.54, 1.807) is 0 Å². The maximum atomic E-state index is 11.4. The largest absolute Gasteiger partial charge is 1.00 e. The predicted octanol–water partition coefficient (Wildman–Crippen LogP) is -3.37. The van der Waals surface area contributed by atoms with Gasteiger partial charge in [0.05, 0.1) is 6.54 Å². The summed E-state index contributed by atoms with van der Waals surface area (Å²) in [5, 5.41) is 5.09. The van der Waals surface area contributed by atoms with Crippen molar-refractivity contribution >= 4 is 5.91 Å². The van der Waals surface area contributed by atoms with Gasteiger partial charge in [0, 0.05) is 13.0 Å². The lowest BCUT2D eigenvalue weighted by atomic mass is 10.0. The van der Waals surface area contributed by atoms with Gasteiger partial charge in [0.15, 0.2) is 6.04 Å². The van der Waals surface area contributed by atoms with Crippen molar-refractivity contribution < 1.29 is 22.5 Å². The molecule has 0 spiro atoms. The Morgan fingerprint density at radius 1 is 1.54 bits per heavy atom. The number of hydrogen-bond donors (Lipinski definition) is 2. The summed E-state index contributed by atoms with van der Waals surface area (Å²) in [7, 11) is 0. The van der Waals surface area contributed by atoms with Gasteiger partial charge in [0.1, 0.15) is 0 Å². The molecule has 0 saturated carbocycles. The molecular weight excluding hydrogens is 188 g/mol. The smallest absolute Gasteiger partial charge is 0.278 e. The van der Waals surface area contributed by atoms with Crippen molar-refractivity contribution in [3.05, 3.63) is 0 Å². The van der Waals surface area contributed by atoms with E-state index in [1.807, 2.05) is 0 Å². The molecule has 1 atom stereocenters. The molecule has 3 nitrogen and oxygen atoms in total. The number of carbonyl (C=O) groups is 1. The van der Waals surface area contributed by atoms with Gasteiger partial charge in [-0.2, -0.15) is 0 Å². The Morgan fingerprint density at radius 2 is 2.31 bits per heavy atom. The fraction of sp³-hybridized carbons (Fsp3) is 0.889. The third kappa shape index (κ3) is 4.48. The monoisotopic (exact) mass is 206 g/mol. The molecule has 1 heterocycles. The summed E-state index contributed by atoms with van der Waals surface area (Å²) in [4.78, 5) is 11.4. The van der Waals surface area contributed by atoms with Crippen molar-refractivity contribution in [2.24, 2.45) is 0 Å². The van der Waals surface area contributed by atoms with Gasteiger partial charge in [-0.3, -0.25) is 4.79 Å². The summed E-state index contributed by atoms with van der Waals surface area (Å²) in [6.07, 6.45) is 4.55. The lowest BCUT2D eigenvalue weighted by molar-refractivity contribution is -0.684. The Bertz CT molecular complexity index is 147. The molecule has 1 rings (SSSR count). The van der Waals surface area contributed by atoms with E-state index in [0.717, 1.165) is 25.9 Å². The molecule has 0 aromatic rings. The highest BCUT2D eigenvalue weighted by Gasteiger charge is 2.23. The van der Waals surface area contributed by atoms with E-state index in [0.29, 0.717) is 0 Å². The molecule has 1 aliphatic rings. The van der Waals surface area contributed by atoms with Crippen molar-refractivity contribution in [1.82, 2.24) is 5.32 Å². The minimum Gasteiger partial charge on any atom is -1.00 e. The normalized spacial score (nSPS) is 21.8. The van der Waals surface area contributed by atoms with Gasteiger partial charge in [0.2, 0.25) is 0 Å². The quantitative estimate of drug-likeness (QED) is 0.498. The zero-order valence-corrected chi connectivity index (χ0v) is 8.94. The van der Waals surface area contributed by atoms with Gasteiger partial charge in [-0.25, -0.2) is 0 Å². The third-order valence-electron chi connectivity index (χ3n) is 2.31. The third-order valence-corrected chi connectivity index (χ3v) is 2.31. The van der Waals surface area contributed by atoms with Crippen LogP contribution in [0.25, 0.3) is 0 Å². The van der Waals surface area contributed by atoms with E-state index in [-0.39, 0.29) is 24.4 Å². The van der Waals surface area contributed by atoms with Crippen LogP contribution in [0, 0.1) is 0 Å². The van der Waals surface area contributed by atoms with Gasteiger partial charge in [-0.15, -0.1) is 0 Å². The molecule has 0 bridgehead atoms. The molecule has 1 aliphatic heterocycles.